The van der Waals surface area contributed by atoms with E-state index < -0.39 is 5.97 Å². The number of benzene rings is 1. The molecule has 0 spiro atoms. The highest BCUT2D eigenvalue weighted by molar-refractivity contribution is 5.67. The van der Waals surface area contributed by atoms with Crippen molar-refractivity contribution < 1.29 is 14.6 Å². The van der Waals surface area contributed by atoms with Crippen LogP contribution in [0.3, 0.4) is 0 Å². The summed E-state index contributed by atoms with van der Waals surface area (Å²) in [7, 11) is 0. The predicted molar refractivity (Wildman–Crippen MR) is 80.2 cm³/mol. The Morgan fingerprint density at radius 3 is 2.25 bits per heavy atom. The number of carboxylic acid groups (broad SMARTS) is 1. The number of nitrogens with one attached hydrogen (secondary N) is 1. The van der Waals surface area contributed by atoms with E-state index in [4.69, 9.17) is 9.84 Å². The first-order valence-corrected chi connectivity index (χ1v) is 7.10. The van der Waals surface area contributed by atoms with E-state index in [0.29, 0.717) is 6.42 Å². The highest BCUT2D eigenvalue weighted by atomic mass is 16.5. The summed E-state index contributed by atoms with van der Waals surface area (Å²) in [5, 5.41) is 12.3. The zero-order chi connectivity index (χ0) is 15.1. The number of ether oxygens (including phenoxy) is 1. The van der Waals surface area contributed by atoms with E-state index >= 15 is 0 Å². The van der Waals surface area contributed by atoms with Gasteiger partial charge in [-0.1, -0.05) is 26.0 Å². The summed E-state index contributed by atoms with van der Waals surface area (Å²) in [6, 6.07) is 8.07. The van der Waals surface area contributed by atoms with Crippen LogP contribution in [0.15, 0.2) is 24.3 Å². The van der Waals surface area contributed by atoms with Crippen molar-refractivity contribution in [3.8, 4) is 5.75 Å². The van der Waals surface area contributed by atoms with Crippen molar-refractivity contribution in [1.29, 1.82) is 0 Å². The van der Waals surface area contributed by atoms with Gasteiger partial charge >= 0.3 is 5.97 Å². The van der Waals surface area contributed by atoms with Crippen molar-refractivity contribution in [1.82, 2.24) is 5.32 Å². The van der Waals surface area contributed by atoms with Gasteiger partial charge in [0, 0.05) is 12.1 Å². The van der Waals surface area contributed by atoms with Gasteiger partial charge in [0.15, 0.2) is 0 Å². The quantitative estimate of drug-likeness (QED) is 0.768. The molecular formula is C16H25NO3. The van der Waals surface area contributed by atoms with Gasteiger partial charge in [-0.25, -0.2) is 0 Å². The minimum Gasteiger partial charge on any atom is -0.491 e. The number of hydrogen-bond acceptors (Lipinski definition) is 3. The van der Waals surface area contributed by atoms with Crippen LogP contribution in [0.25, 0.3) is 0 Å². The smallest absolute Gasteiger partial charge is 0.304 e. The monoisotopic (exact) mass is 279 g/mol. The van der Waals surface area contributed by atoms with Gasteiger partial charge in [0.1, 0.15) is 5.75 Å². The second-order valence-corrected chi connectivity index (χ2v) is 5.63. The maximum absolute atomic E-state index is 10.9. The van der Waals surface area contributed by atoms with E-state index in [-0.39, 0.29) is 24.6 Å². The van der Waals surface area contributed by atoms with Crippen LogP contribution >= 0.6 is 0 Å². The lowest BCUT2D eigenvalue weighted by atomic mass is 10.0. The van der Waals surface area contributed by atoms with Gasteiger partial charge in [-0.15, -0.1) is 0 Å². The Bertz CT molecular complexity index is 412. The first-order chi connectivity index (χ1) is 9.36. The maximum atomic E-state index is 10.9. The molecule has 0 aliphatic heterocycles. The molecule has 20 heavy (non-hydrogen) atoms. The van der Waals surface area contributed by atoms with Crippen molar-refractivity contribution in [2.75, 3.05) is 0 Å². The normalized spacial score (nSPS) is 12.7. The predicted octanol–water partition coefficient (Wildman–Crippen LogP) is 2.86. The van der Waals surface area contributed by atoms with E-state index in [1.807, 2.05) is 52.0 Å². The molecule has 0 aliphatic carbocycles. The van der Waals surface area contributed by atoms with Crippen LogP contribution in [0.2, 0.25) is 0 Å². The molecule has 4 heteroatoms. The number of carbonyl (C=O) groups is 1. The van der Waals surface area contributed by atoms with E-state index in [2.05, 4.69) is 5.32 Å². The van der Waals surface area contributed by atoms with Crippen LogP contribution in [0.1, 0.15) is 39.7 Å². The number of rotatable bonds is 8. The lowest BCUT2D eigenvalue weighted by Gasteiger charge is -2.20. The number of carboxylic acids is 1. The third-order valence-electron chi connectivity index (χ3n) is 2.77. The molecule has 0 amide bonds. The first-order valence-electron chi connectivity index (χ1n) is 7.10. The van der Waals surface area contributed by atoms with Gasteiger partial charge in [-0.05, 0) is 38.0 Å². The van der Waals surface area contributed by atoms with Crippen LogP contribution in [0.4, 0.5) is 0 Å². The minimum absolute atomic E-state index is 0.0515. The maximum Gasteiger partial charge on any atom is 0.304 e. The fourth-order valence-corrected chi connectivity index (χ4v) is 2.13. The molecule has 0 heterocycles. The summed E-state index contributed by atoms with van der Waals surface area (Å²) in [6.07, 6.45) is 0.984. The SMILES string of the molecule is CC(C)N[C@H](CC(=O)O)Cc1ccc(OC(C)C)cc1. The van der Waals surface area contributed by atoms with E-state index in [9.17, 15) is 4.79 Å². The van der Waals surface area contributed by atoms with E-state index in [1.165, 1.54) is 0 Å². The topological polar surface area (TPSA) is 58.6 Å². The highest BCUT2D eigenvalue weighted by Gasteiger charge is 2.14. The third kappa shape index (κ3) is 6.57. The average Bonchev–Trinajstić information content (AvgIpc) is 2.29. The fraction of sp³-hybridized carbons (Fsp3) is 0.562. The van der Waals surface area contributed by atoms with Gasteiger partial charge < -0.3 is 15.2 Å². The molecule has 0 unspecified atom stereocenters. The summed E-state index contributed by atoms with van der Waals surface area (Å²) in [4.78, 5) is 10.9. The van der Waals surface area contributed by atoms with Crippen LogP contribution in [-0.2, 0) is 11.2 Å². The Balaban J connectivity index is 2.65. The molecule has 0 aromatic heterocycles. The van der Waals surface area contributed by atoms with Crippen molar-refractivity contribution in [3.63, 3.8) is 0 Å². The zero-order valence-corrected chi connectivity index (χ0v) is 12.7. The zero-order valence-electron chi connectivity index (χ0n) is 12.7. The lowest BCUT2D eigenvalue weighted by molar-refractivity contribution is -0.137. The standard InChI is InChI=1S/C16H25NO3/c1-11(2)17-14(10-16(18)19)9-13-5-7-15(8-6-13)20-12(3)4/h5-8,11-12,14,17H,9-10H2,1-4H3,(H,18,19)/t14-/m0/s1. The molecule has 1 atom stereocenters. The van der Waals surface area contributed by atoms with E-state index in [1.54, 1.807) is 0 Å². The molecule has 0 radical (unpaired) electrons. The van der Waals surface area contributed by atoms with Gasteiger partial charge in [0.25, 0.3) is 0 Å². The Hall–Kier alpha value is -1.55. The van der Waals surface area contributed by atoms with Gasteiger partial charge in [0.05, 0.1) is 12.5 Å². The summed E-state index contributed by atoms with van der Waals surface area (Å²) in [6.45, 7) is 8.02. The largest absolute Gasteiger partial charge is 0.491 e. The molecule has 1 aromatic carbocycles. The van der Waals surface area contributed by atoms with Crippen molar-refractivity contribution in [2.45, 2.75) is 58.7 Å². The van der Waals surface area contributed by atoms with Crippen molar-refractivity contribution >= 4 is 5.97 Å². The molecule has 0 saturated heterocycles. The van der Waals surface area contributed by atoms with E-state index in [0.717, 1.165) is 11.3 Å². The lowest BCUT2D eigenvalue weighted by Crippen LogP contribution is -2.38. The third-order valence-corrected chi connectivity index (χ3v) is 2.77. The molecular weight excluding hydrogens is 254 g/mol. The molecule has 0 bridgehead atoms. The minimum atomic E-state index is -0.775. The average molecular weight is 279 g/mol. The van der Waals surface area contributed by atoms with Crippen molar-refractivity contribution in [3.05, 3.63) is 29.8 Å². The van der Waals surface area contributed by atoms with Crippen LogP contribution in [-0.4, -0.2) is 29.3 Å². The summed E-state index contributed by atoms with van der Waals surface area (Å²) < 4.78 is 5.59. The van der Waals surface area contributed by atoms with Gasteiger partial charge in [-0.3, -0.25) is 4.79 Å². The van der Waals surface area contributed by atoms with Gasteiger partial charge in [-0.2, -0.15) is 0 Å². The summed E-state index contributed by atoms with van der Waals surface area (Å²) >= 11 is 0. The Kier molecular flexibility index (Phi) is 6.52. The molecule has 0 saturated carbocycles. The Labute approximate surface area is 121 Å². The Morgan fingerprint density at radius 2 is 1.80 bits per heavy atom. The fourth-order valence-electron chi connectivity index (χ4n) is 2.13. The molecule has 0 fully saturated rings. The van der Waals surface area contributed by atoms with Crippen molar-refractivity contribution in [2.24, 2.45) is 0 Å². The summed E-state index contributed by atoms with van der Waals surface area (Å²) in [5.41, 5.74) is 1.11. The second kappa shape index (κ2) is 7.90. The summed E-state index contributed by atoms with van der Waals surface area (Å²) in [5.74, 6) is 0.0678. The first kappa shape index (κ1) is 16.5. The molecule has 1 aromatic rings. The van der Waals surface area contributed by atoms with Crippen LogP contribution < -0.4 is 10.1 Å². The van der Waals surface area contributed by atoms with Crippen LogP contribution in [0, 0.1) is 0 Å². The molecule has 4 nitrogen and oxygen atoms in total. The molecule has 0 aliphatic rings. The number of hydrogen-bond donors (Lipinski definition) is 2. The molecule has 2 N–H and O–H groups in total. The second-order valence-electron chi connectivity index (χ2n) is 5.63. The number of aliphatic carboxylic acids is 1. The van der Waals surface area contributed by atoms with Crippen LogP contribution in [0.5, 0.6) is 5.75 Å². The Morgan fingerprint density at radius 1 is 1.20 bits per heavy atom. The van der Waals surface area contributed by atoms with Gasteiger partial charge in [0.2, 0.25) is 0 Å². The molecule has 1 rings (SSSR count). The molecule has 112 valence electrons. The highest BCUT2D eigenvalue weighted by Crippen LogP contribution is 2.15.